The van der Waals surface area contributed by atoms with E-state index in [0.717, 1.165) is 23.6 Å². The monoisotopic (exact) mass is 284 g/mol. The fourth-order valence-corrected chi connectivity index (χ4v) is 2.72. The smallest absolute Gasteiger partial charge is 0.122 e. The molecule has 1 unspecified atom stereocenters. The molecule has 0 saturated heterocycles. The van der Waals surface area contributed by atoms with Gasteiger partial charge in [0.2, 0.25) is 0 Å². The van der Waals surface area contributed by atoms with Crippen molar-refractivity contribution in [1.82, 2.24) is 10.3 Å². The van der Waals surface area contributed by atoms with Gasteiger partial charge in [0.15, 0.2) is 0 Å². The second-order valence-electron chi connectivity index (χ2n) is 5.49. The Morgan fingerprint density at radius 3 is 2.52 bits per heavy atom. The average Bonchev–Trinajstić information content (AvgIpc) is 2.45. The van der Waals surface area contributed by atoms with Crippen LogP contribution < -0.4 is 10.1 Å². The Balaban J connectivity index is 2.33. The maximum Gasteiger partial charge on any atom is 0.122 e. The Hall–Kier alpha value is -1.87. The van der Waals surface area contributed by atoms with Crippen LogP contribution in [0, 0.1) is 20.8 Å². The first-order valence-electron chi connectivity index (χ1n) is 7.30. The van der Waals surface area contributed by atoms with Crippen LogP contribution in [0.2, 0.25) is 0 Å². The van der Waals surface area contributed by atoms with Gasteiger partial charge in [0.1, 0.15) is 5.75 Å². The van der Waals surface area contributed by atoms with Gasteiger partial charge < -0.3 is 10.1 Å². The third-order valence-electron chi connectivity index (χ3n) is 3.85. The molecule has 1 N–H and O–H groups in total. The summed E-state index contributed by atoms with van der Waals surface area (Å²) < 4.78 is 5.49. The highest BCUT2D eigenvalue weighted by Gasteiger charge is 2.16. The van der Waals surface area contributed by atoms with E-state index in [2.05, 4.69) is 48.4 Å². The van der Waals surface area contributed by atoms with Gasteiger partial charge in [0, 0.05) is 17.4 Å². The zero-order valence-corrected chi connectivity index (χ0v) is 13.5. The van der Waals surface area contributed by atoms with Crippen molar-refractivity contribution in [3.05, 3.63) is 58.4 Å². The third kappa shape index (κ3) is 3.61. The van der Waals surface area contributed by atoms with Crippen molar-refractivity contribution in [2.24, 2.45) is 0 Å². The van der Waals surface area contributed by atoms with Gasteiger partial charge in [-0.2, -0.15) is 0 Å². The van der Waals surface area contributed by atoms with E-state index in [1.54, 1.807) is 7.11 Å². The predicted molar refractivity (Wildman–Crippen MR) is 86.9 cm³/mol. The molecule has 2 rings (SSSR count). The summed E-state index contributed by atoms with van der Waals surface area (Å²) in [4.78, 5) is 4.57. The van der Waals surface area contributed by atoms with E-state index in [1.807, 2.05) is 20.0 Å². The molecule has 1 atom stereocenters. The molecular weight excluding hydrogens is 260 g/mol. The number of nitrogens with one attached hydrogen (secondary N) is 1. The highest BCUT2D eigenvalue weighted by molar-refractivity contribution is 5.39. The molecule has 1 heterocycles. The summed E-state index contributed by atoms with van der Waals surface area (Å²) in [5, 5.41) is 3.40. The van der Waals surface area contributed by atoms with Crippen molar-refractivity contribution >= 4 is 0 Å². The molecular formula is C18H24N2O. The van der Waals surface area contributed by atoms with Crippen LogP contribution in [0.4, 0.5) is 0 Å². The molecule has 0 aliphatic heterocycles. The molecule has 1 aromatic heterocycles. The quantitative estimate of drug-likeness (QED) is 0.912. The van der Waals surface area contributed by atoms with Gasteiger partial charge in [-0.15, -0.1) is 0 Å². The van der Waals surface area contributed by atoms with Crippen LogP contribution in [0.3, 0.4) is 0 Å². The minimum atomic E-state index is 0.230. The number of hydrogen-bond acceptors (Lipinski definition) is 3. The molecule has 1 aromatic carbocycles. The van der Waals surface area contributed by atoms with E-state index < -0.39 is 0 Å². The van der Waals surface area contributed by atoms with Crippen molar-refractivity contribution in [3.63, 3.8) is 0 Å². The summed E-state index contributed by atoms with van der Waals surface area (Å²) in [6.07, 6.45) is 0.882. The lowest BCUT2D eigenvalue weighted by atomic mass is 9.96. The van der Waals surface area contributed by atoms with Crippen LogP contribution >= 0.6 is 0 Å². The van der Waals surface area contributed by atoms with E-state index in [4.69, 9.17) is 4.74 Å². The molecule has 0 spiro atoms. The number of aromatic nitrogens is 1. The summed E-state index contributed by atoms with van der Waals surface area (Å²) in [5.74, 6) is 0.943. The Labute approximate surface area is 127 Å². The molecule has 0 bridgehead atoms. The fourth-order valence-electron chi connectivity index (χ4n) is 2.72. The van der Waals surface area contributed by atoms with Gasteiger partial charge >= 0.3 is 0 Å². The van der Waals surface area contributed by atoms with Gasteiger partial charge in [-0.3, -0.25) is 4.98 Å². The Kier molecular flexibility index (Phi) is 4.97. The topological polar surface area (TPSA) is 34.1 Å². The van der Waals surface area contributed by atoms with Gasteiger partial charge in [-0.1, -0.05) is 23.8 Å². The highest BCUT2D eigenvalue weighted by atomic mass is 16.5. The Morgan fingerprint density at radius 2 is 1.90 bits per heavy atom. The van der Waals surface area contributed by atoms with E-state index >= 15 is 0 Å². The Bertz CT molecular complexity index is 623. The second-order valence-corrected chi connectivity index (χ2v) is 5.49. The summed E-state index contributed by atoms with van der Waals surface area (Å²) >= 11 is 0. The zero-order chi connectivity index (χ0) is 15.4. The van der Waals surface area contributed by atoms with Crippen molar-refractivity contribution in [1.29, 1.82) is 0 Å². The first kappa shape index (κ1) is 15.5. The summed E-state index contributed by atoms with van der Waals surface area (Å²) in [6.45, 7) is 6.20. The number of hydrogen-bond donors (Lipinski definition) is 1. The van der Waals surface area contributed by atoms with E-state index in [9.17, 15) is 0 Å². The zero-order valence-electron chi connectivity index (χ0n) is 13.5. The van der Waals surface area contributed by atoms with Crippen molar-refractivity contribution in [2.75, 3.05) is 14.2 Å². The molecule has 0 radical (unpaired) electrons. The summed E-state index contributed by atoms with van der Waals surface area (Å²) in [7, 11) is 3.72. The normalized spacial score (nSPS) is 12.2. The van der Waals surface area contributed by atoms with E-state index in [0.29, 0.717) is 0 Å². The molecule has 112 valence electrons. The fraction of sp³-hybridized carbons (Fsp3) is 0.389. The van der Waals surface area contributed by atoms with Crippen molar-refractivity contribution < 1.29 is 4.74 Å². The number of methoxy groups -OCH3 is 1. The van der Waals surface area contributed by atoms with Crippen LogP contribution in [0.5, 0.6) is 5.75 Å². The Morgan fingerprint density at radius 1 is 1.14 bits per heavy atom. The summed E-state index contributed by atoms with van der Waals surface area (Å²) in [6, 6.07) is 10.8. The molecule has 0 aliphatic rings. The lowest BCUT2D eigenvalue weighted by Gasteiger charge is -2.20. The minimum absolute atomic E-state index is 0.230. The van der Waals surface area contributed by atoms with Gasteiger partial charge in [-0.25, -0.2) is 0 Å². The van der Waals surface area contributed by atoms with E-state index in [-0.39, 0.29) is 6.04 Å². The number of aryl methyl sites for hydroxylation is 3. The summed E-state index contributed by atoms with van der Waals surface area (Å²) in [5.41, 5.74) is 5.85. The number of rotatable bonds is 5. The maximum atomic E-state index is 5.49. The average molecular weight is 284 g/mol. The number of likely N-dealkylation sites (N-methyl/N-ethyl adjacent to an activating group) is 1. The molecule has 3 nitrogen and oxygen atoms in total. The number of benzene rings is 1. The van der Waals surface area contributed by atoms with Crippen molar-refractivity contribution in [3.8, 4) is 5.75 Å². The van der Waals surface area contributed by atoms with Gasteiger partial charge in [-0.05, 0) is 57.5 Å². The van der Waals surface area contributed by atoms with Crippen LogP contribution in [0.25, 0.3) is 0 Å². The SMILES string of the molecule is CNC(Cc1cc(C)ccc1OC)c1ccc(C)nc1C. The molecule has 2 aromatic rings. The third-order valence-corrected chi connectivity index (χ3v) is 3.85. The molecule has 0 fully saturated rings. The van der Waals surface area contributed by atoms with Crippen LogP contribution in [0.15, 0.2) is 30.3 Å². The molecule has 21 heavy (non-hydrogen) atoms. The van der Waals surface area contributed by atoms with Crippen LogP contribution in [0.1, 0.15) is 34.1 Å². The molecule has 3 heteroatoms. The van der Waals surface area contributed by atoms with Crippen LogP contribution in [-0.2, 0) is 6.42 Å². The van der Waals surface area contributed by atoms with Gasteiger partial charge in [0.25, 0.3) is 0 Å². The highest BCUT2D eigenvalue weighted by Crippen LogP contribution is 2.27. The molecule has 0 aliphatic carbocycles. The maximum absolute atomic E-state index is 5.49. The van der Waals surface area contributed by atoms with Crippen LogP contribution in [-0.4, -0.2) is 19.1 Å². The first-order valence-corrected chi connectivity index (χ1v) is 7.30. The standard InChI is InChI=1S/C18H24N2O/c1-12-6-9-18(21-5)15(10-12)11-17(19-4)16-8-7-13(2)20-14(16)3/h6-10,17,19H,11H2,1-5H3. The van der Waals surface area contributed by atoms with Crippen molar-refractivity contribution in [2.45, 2.75) is 33.2 Å². The number of nitrogens with zero attached hydrogens (tertiary/aromatic N) is 1. The molecule has 0 saturated carbocycles. The minimum Gasteiger partial charge on any atom is -0.496 e. The van der Waals surface area contributed by atoms with Gasteiger partial charge in [0.05, 0.1) is 7.11 Å². The first-order chi connectivity index (χ1) is 10.0. The number of pyridine rings is 1. The van der Waals surface area contributed by atoms with E-state index in [1.165, 1.54) is 16.7 Å². The lowest BCUT2D eigenvalue weighted by molar-refractivity contribution is 0.406. The second kappa shape index (κ2) is 6.72. The lowest BCUT2D eigenvalue weighted by Crippen LogP contribution is -2.20. The predicted octanol–water partition coefficient (Wildman–Crippen LogP) is 3.52. The number of ether oxygens (including phenoxy) is 1. The molecule has 0 amide bonds. The largest absolute Gasteiger partial charge is 0.496 e.